The van der Waals surface area contributed by atoms with Gasteiger partial charge in [0.05, 0.1) is 11.1 Å². The van der Waals surface area contributed by atoms with Crippen molar-refractivity contribution in [2.24, 2.45) is 0 Å². The lowest BCUT2D eigenvalue weighted by molar-refractivity contribution is -0.116. The standard InChI is InChI=1S/C24H30N6O3S/c1-7-29(8-2)34(32,33)20-11-15(3)16(4)22(12-20)28-23(31)10-9-21-17(5)27-24-19(13-25)14-26-30(24)18(21)6/h11-12,14H,7-10H2,1-6H3,(H,28,31). The molecule has 0 fully saturated rings. The molecule has 2 heterocycles. The number of aromatic nitrogens is 3. The van der Waals surface area contributed by atoms with Crippen molar-refractivity contribution < 1.29 is 13.2 Å². The van der Waals surface area contributed by atoms with Gasteiger partial charge in [-0.05, 0) is 62.9 Å². The molecule has 180 valence electrons. The number of fused-ring (bicyclic) bond motifs is 1. The molecule has 10 heteroatoms. The van der Waals surface area contributed by atoms with Crippen LogP contribution in [0.3, 0.4) is 0 Å². The molecule has 0 atom stereocenters. The molecule has 1 aromatic carbocycles. The van der Waals surface area contributed by atoms with E-state index in [-0.39, 0.29) is 17.2 Å². The van der Waals surface area contributed by atoms with E-state index in [9.17, 15) is 18.5 Å². The molecule has 0 aliphatic rings. The first-order chi connectivity index (χ1) is 16.0. The Morgan fingerprint density at radius 1 is 1.18 bits per heavy atom. The lowest BCUT2D eigenvalue weighted by atomic mass is 10.1. The number of nitriles is 1. The van der Waals surface area contributed by atoms with Gasteiger partial charge in [-0.25, -0.2) is 17.9 Å². The van der Waals surface area contributed by atoms with Crippen LogP contribution >= 0.6 is 0 Å². The van der Waals surface area contributed by atoms with Gasteiger partial charge in [0.1, 0.15) is 11.6 Å². The van der Waals surface area contributed by atoms with Crippen LogP contribution < -0.4 is 5.32 Å². The average Bonchev–Trinajstić information content (AvgIpc) is 3.20. The summed E-state index contributed by atoms with van der Waals surface area (Å²) in [5.41, 5.74) is 5.47. The third-order valence-electron chi connectivity index (χ3n) is 6.19. The Hall–Kier alpha value is -3.29. The zero-order chi connectivity index (χ0) is 25.2. The minimum Gasteiger partial charge on any atom is -0.326 e. The quantitative estimate of drug-likeness (QED) is 0.525. The van der Waals surface area contributed by atoms with Crippen molar-refractivity contribution in [3.63, 3.8) is 0 Å². The van der Waals surface area contributed by atoms with Gasteiger partial charge in [-0.1, -0.05) is 13.8 Å². The van der Waals surface area contributed by atoms with Gasteiger partial charge in [-0.15, -0.1) is 0 Å². The molecular weight excluding hydrogens is 452 g/mol. The molecule has 1 N–H and O–H groups in total. The second-order valence-electron chi connectivity index (χ2n) is 8.22. The number of hydrogen-bond acceptors (Lipinski definition) is 6. The van der Waals surface area contributed by atoms with Crippen molar-refractivity contribution in [2.75, 3.05) is 18.4 Å². The third-order valence-corrected chi connectivity index (χ3v) is 8.22. The maximum absolute atomic E-state index is 13.0. The van der Waals surface area contributed by atoms with Gasteiger partial charge >= 0.3 is 0 Å². The van der Waals surface area contributed by atoms with E-state index in [2.05, 4.69) is 21.5 Å². The fourth-order valence-corrected chi connectivity index (χ4v) is 5.59. The van der Waals surface area contributed by atoms with Crippen LogP contribution in [0.2, 0.25) is 0 Å². The topological polar surface area (TPSA) is 120 Å². The monoisotopic (exact) mass is 482 g/mol. The van der Waals surface area contributed by atoms with E-state index in [0.717, 1.165) is 28.1 Å². The summed E-state index contributed by atoms with van der Waals surface area (Å²) in [6, 6.07) is 5.26. The van der Waals surface area contributed by atoms with Gasteiger partial charge in [-0.2, -0.15) is 14.7 Å². The van der Waals surface area contributed by atoms with Crippen molar-refractivity contribution in [3.8, 4) is 6.07 Å². The van der Waals surface area contributed by atoms with Gasteiger partial charge in [0.15, 0.2) is 5.65 Å². The normalized spacial score (nSPS) is 11.7. The summed E-state index contributed by atoms with van der Waals surface area (Å²) in [5.74, 6) is -0.225. The number of carbonyl (C=O) groups is 1. The van der Waals surface area contributed by atoms with E-state index < -0.39 is 10.0 Å². The van der Waals surface area contributed by atoms with E-state index in [0.29, 0.717) is 36.4 Å². The minimum absolute atomic E-state index is 0.169. The summed E-state index contributed by atoms with van der Waals surface area (Å²) in [6.07, 6.45) is 2.10. The first-order valence-electron chi connectivity index (χ1n) is 11.2. The number of nitrogens with one attached hydrogen (secondary N) is 1. The molecule has 34 heavy (non-hydrogen) atoms. The van der Waals surface area contributed by atoms with Crippen LogP contribution in [0, 0.1) is 39.0 Å². The summed E-state index contributed by atoms with van der Waals surface area (Å²) >= 11 is 0. The third kappa shape index (κ3) is 4.67. The summed E-state index contributed by atoms with van der Waals surface area (Å²) in [7, 11) is -3.65. The van der Waals surface area contributed by atoms with Gasteiger partial charge in [-0.3, -0.25) is 4.79 Å². The highest BCUT2D eigenvalue weighted by Gasteiger charge is 2.23. The van der Waals surface area contributed by atoms with Crippen LogP contribution in [-0.2, 0) is 21.2 Å². The fraction of sp³-hybridized carbons (Fsp3) is 0.417. The SMILES string of the molecule is CCN(CC)S(=O)(=O)c1cc(C)c(C)c(NC(=O)CCc2c(C)nc3c(C#N)cnn3c2C)c1. The number of anilines is 1. The summed E-state index contributed by atoms with van der Waals surface area (Å²) < 4.78 is 29.0. The van der Waals surface area contributed by atoms with E-state index in [4.69, 9.17) is 0 Å². The molecule has 0 aliphatic carbocycles. The smallest absolute Gasteiger partial charge is 0.243 e. The van der Waals surface area contributed by atoms with Crippen LogP contribution in [-0.4, -0.2) is 46.3 Å². The molecule has 0 bridgehead atoms. The Kier molecular flexibility index (Phi) is 7.38. The van der Waals surface area contributed by atoms with Gasteiger partial charge in [0.25, 0.3) is 0 Å². The maximum atomic E-state index is 13.0. The zero-order valence-corrected chi connectivity index (χ0v) is 21.2. The van der Waals surface area contributed by atoms with Crippen molar-refractivity contribution >= 4 is 27.3 Å². The number of benzene rings is 1. The molecule has 0 unspecified atom stereocenters. The Bertz CT molecular complexity index is 1400. The van der Waals surface area contributed by atoms with E-state index in [1.165, 1.54) is 16.6 Å². The van der Waals surface area contributed by atoms with Crippen molar-refractivity contribution in [2.45, 2.75) is 59.3 Å². The second kappa shape index (κ2) is 9.91. The molecule has 0 radical (unpaired) electrons. The van der Waals surface area contributed by atoms with Crippen molar-refractivity contribution in [1.82, 2.24) is 18.9 Å². The summed E-state index contributed by atoms with van der Waals surface area (Å²) in [4.78, 5) is 17.5. The predicted molar refractivity (Wildman–Crippen MR) is 130 cm³/mol. The summed E-state index contributed by atoms with van der Waals surface area (Å²) in [5, 5.41) is 16.4. The molecule has 0 aliphatic heterocycles. The number of nitrogens with zero attached hydrogens (tertiary/aromatic N) is 5. The van der Waals surface area contributed by atoms with Crippen LogP contribution in [0.15, 0.2) is 23.2 Å². The van der Waals surface area contributed by atoms with Crippen molar-refractivity contribution in [1.29, 1.82) is 5.26 Å². The van der Waals surface area contributed by atoms with Crippen LogP contribution in [0.25, 0.3) is 5.65 Å². The maximum Gasteiger partial charge on any atom is 0.243 e. The second-order valence-corrected chi connectivity index (χ2v) is 10.2. The number of sulfonamides is 1. The number of carbonyl (C=O) groups excluding carboxylic acids is 1. The fourth-order valence-electron chi connectivity index (χ4n) is 4.02. The molecule has 0 spiro atoms. The Morgan fingerprint density at radius 2 is 1.85 bits per heavy atom. The molecular formula is C24H30N6O3S. The number of amides is 1. The zero-order valence-electron chi connectivity index (χ0n) is 20.4. The average molecular weight is 483 g/mol. The Balaban J connectivity index is 1.83. The molecule has 0 saturated carbocycles. The van der Waals surface area contributed by atoms with E-state index >= 15 is 0 Å². The van der Waals surface area contributed by atoms with Crippen LogP contribution in [0.5, 0.6) is 0 Å². The van der Waals surface area contributed by atoms with Gasteiger partial charge in [0, 0.05) is 36.6 Å². The summed E-state index contributed by atoms with van der Waals surface area (Å²) in [6.45, 7) is 11.8. The highest BCUT2D eigenvalue weighted by molar-refractivity contribution is 7.89. The highest BCUT2D eigenvalue weighted by Crippen LogP contribution is 2.27. The van der Waals surface area contributed by atoms with Crippen LogP contribution in [0.1, 0.15) is 53.9 Å². The largest absolute Gasteiger partial charge is 0.326 e. The van der Waals surface area contributed by atoms with Crippen LogP contribution in [0.4, 0.5) is 5.69 Å². The molecule has 0 saturated heterocycles. The Labute approximate surface area is 200 Å². The molecule has 3 rings (SSSR count). The number of hydrogen-bond donors (Lipinski definition) is 1. The Morgan fingerprint density at radius 3 is 2.47 bits per heavy atom. The first kappa shape index (κ1) is 25.3. The molecule has 2 aromatic heterocycles. The lowest BCUT2D eigenvalue weighted by Crippen LogP contribution is -2.30. The predicted octanol–water partition coefficient (Wildman–Crippen LogP) is 3.44. The van der Waals surface area contributed by atoms with E-state index in [1.807, 2.05) is 27.7 Å². The first-order valence-corrected chi connectivity index (χ1v) is 12.6. The molecule has 3 aromatic rings. The molecule has 9 nitrogen and oxygen atoms in total. The lowest BCUT2D eigenvalue weighted by Gasteiger charge is -2.20. The number of aryl methyl sites for hydroxylation is 3. The number of rotatable bonds is 8. The van der Waals surface area contributed by atoms with Gasteiger partial charge in [0.2, 0.25) is 15.9 Å². The van der Waals surface area contributed by atoms with E-state index in [1.54, 1.807) is 24.4 Å². The highest BCUT2D eigenvalue weighted by atomic mass is 32.2. The van der Waals surface area contributed by atoms with Gasteiger partial charge < -0.3 is 5.32 Å². The minimum atomic E-state index is -3.65. The van der Waals surface area contributed by atoms with Crippen molar-refractivity contribution in [3.05, 3.63) is 52.0 Å². The molecule has 1 amide bonds.